The zero-order valence-electron chi connectivity index (χ0n) is 8.43. The molecule has 0 aliphatic carbocycles. The van der Waals surface area contributed by atoms with Crippen molar-refractivity contribution in [2.45, 2.75) is 32.7 Å². The first-order chi connectivity index (χ1) is 6.48. The lowest BCUT2D eigenvalue weighted by Crippen LogP contribution is -2.33. The number of aromatic nitrogens is 2. The Hall–Kier alpha value is -0.970. The molecule has 0 saturated carbocycles. The summed E-state index contributed by atoms with van der Waals surface area (Å²) in [5, 5.41) is 0. The number of imidazole rings is 1. The van der Waals surface area contributed by atoms with E-state index < -0.39 is 12.5 Å². The van der Waals surface area contributed by atoms with Crippen LogP contribution < -0.4 is 5.73 Å². The Morgan fingerprint density at radius 1 is 1.57 bits per heavy atom. The molecule has 0 saturated heterocycles. The van der Waals surface area contributed by atoms with E-state index in [2.05, 4.69) is 4.98 Å². The molecule has 1 rings (SSSR count). The first-order valence-electron chi connectivity index (χ1n) is 4.59. The highest BCUT2D eigenvalue weighted by molar-refractivity contribution is 5.02. The van der Waals surface area contributed by atoms with E-state index in [1.54, 1.807) is 13.1 Å². The summed E-state index contributed by atoms with van der Waals surface area (Å²) in [5.74, 6) is -2.17. The van der Waals surface area contributed by atoms with Gasteiger partial charge in [-0.05, 0) is 6.92 Å². The Morgan fingerprint density at radius 2 is 2.21 bits per heavy atom. The SMILES string of the molecule is CCc1nc(C)cn1CC(F)(F)CN. The molecule has 1 aromatic rings. The van der Waals surface area contributed by atoms with Crippen molar-refractivity contribution in [2.75, 3.05) is 6.54 Å². The molecule has 1 heterocycles. The van der Waals surface area contributed by atoms with Gasteiger partial charge in [-0.2, -0.15) is 0 Å². The summed E-state index contributed by atoms with van der Waals surface area (Å²) >= 11 is 0. The molecule has 80 valence electrons. The maximum absolute atomic E-state index is 13.0. The van der Waals surface area contributed by atoms with Gasteiger partial charge in [-0.25, -0.2) is 13.8 Å². The molecule has 14 heavy (non-hydrogen) atoms. The molecule has 5 heteroatoms. The summed E-state index contributed by atoms with van der Waals surface area (Å²) in [5.41, 5.74) is 5.73. The van der Waals surface area contributed by atoms with Gasteiger partial charge in [0.1, 0.15) is 5.82 Å². The number of aryl methyl sites for hydroxylation is 2. The largest absolute Gasteiger partial charge is 0.329 e. The minimum Gasteiger partial charge on any atom is -0.329 e. The fourth-order valence-electron chi connectivity index (χ4n) is 1.33. The van der Waals surface area contributed by atoms with Crippen molar-refractivity contribution >= 4 is 0 Å². The molecule has 0 radical (unpaired) electrons. The molecule has 1 aromatic heterocycles. The molecule has 0 aliphatic rings. The highest BCUT2D eigenvalue weighted by atomic mass is 19.3. The standard InChI is InChI=1S/C9H15F2N3/c1-3-8-13-7(2)4-14(8)6-9(10,11)5-12/h4H,3,5-6,12H2,1-2H3. The summed E-state index contributed by atoms with van der Waals surface area (Å²) in [6.07, 6.45) is 2.27. The van der Waals surface area contributed by atoms with Crippen molar-refractivity contribution in [3.05, 3.63) is 17.7 Å². The number of hydrogen-bond donors (Lipinski definition) is 1. The highest BCUT2D eigenvalue weighted by Crippen LogP contribution is 2.16. The Morgan fingerprint density at radius 3 is 2.71 bits per heavy atom. The van der Waals surface area contributed by atoms with Crippen LogP contribution >= 0.6 is 0 Å². The van der Waals surface area contributed by atoms with Crippen LogP contribution in [0.15, 0.2) is 6.20 Å². The van der Waals surface area contributed by atoms with Crippen LogP contribution in [-0.2, 0) is 13.0 Å². The third-order valence-electron chi connectivity index (χ3n) is 2.00. The molecule has 0 fully saturated rings. The summed E-state index contributed by atoms with van der Waals surface area (Å²) in [6.45, 7) is 2.66. The average Bonchev–Trinajstić information content (AvgIpc) is 2.45. The topological polar surface area (TPSA) is 43.8 Å². The molecular formula is C9H15F2N3. The number of hydrogen-bond acceptors (Lipinski definition) is 2. The van der Waals surface area contributed by atoms with Crippen molar-refractivity contribution in [1.29, 1.82) is 0 Å². The Kier molecular flexibility index (Phi) is 3.21. The van der Waals surface area contributed by atoms with E-state index >= 15 is 0 Å². The van der Waals surface area contributed by atoms with Gasteiger partial charge < -0.3 is 10.3 Å². The molecule has 3 nitrogen and oxygen atoms in total. The average molecular weight is 203 g/mol. The van der Waals surface area contributed by atoms with Gasteiger partial charge in [0.15, 0.2) is 0 Å². The van der Waals surface area contributed by atoms with Gasteiger partial charge in [-0.3, -0.25) is 0 Å². The monoisotopic (exact) mass is 203 g/mol. The third-order valence-corrected chi connectivity index (χ3v) is 2.00. The van der Waals surface area contributed by atoms with Crippen LogP contribution in [-0.4, -0.2) is 22.0 Å². The Labute approximate surface area is 81.9 Å². The lowest BCUT2D eigenvalue weighted by molar-refractivity contribution is -0.00731. The molecule has 0 unspecified atom stereocenters. The van der Waals surface area contributed by atoms with Gasteiger partial charge in [-0.15, -0.1) is 0 Å². The normalized spacial score (nSPS) is 12.1. The second kappa shape index (κ2) is 4.04. The fraction of sp³-hybridized carbons (Fsp3) is 0.667. The van der Waals surface area contributed by atoms with Crippen LogP contribution in [0.4, 0.5) is 8.78 Å². The predicted molar refractivity (Wildman–Crippen MR) is 50.3 cm³/mol. The van der Waals surface area contributed by atoms with Crippen molar-refractivity contribution in [1.82, 2.24) is 9.55 Å². The Bertz CT molecular complexity index is 307. The van der Waals surface area contributed by atoms with E-state index in [0.717, 1.165) is 5.69 Å². The van der Waals surface area contributed by atoms with Crippen LogP contribution in [0.5, 0.6) is 0 Å². The van der Waals surface area contributed by atoms with Crippen molar-refractivity contribution in [3.8, 4) is 0 Å². The third kappa shape index (κ3) is 2.51. The number of rotatable bonds is 4. The number of nitrogens with zero attached hydrogens (tertiary/aromatic N) is 2. The number of halogens is 2. The van der Waals surface area contributed by atoms with Crippen LogP contribution in [0.3, 0.4) is 0 Å². The maximum atomic E-state index is 13.0. The van der Waals surface area contributed by atoms with Gasteiger partial charge >= 0.3 is 0 Å². The lowest BCUT2D eigenvalue weighted by atomic mass is 10.3. The highest BCUT2D eigenvalue weighted by Gasteiger charge is 2.28. The van der Waals surface area contributed by atoms with Gasteiger partial charge in [0.25, 0.3) is 5.92 Å². The van der Waals surface area contributed by atoms with E-state index in [1.807, 2.05) is 6.92 Å². The quantitative estimate of drug-likeness (QED) is 0.802. The van der Waals surface area contributed by atoms with Crippen molar-refractivity contribution in [3.63, 3.8) is 0 Å². The molecule has 0 amide bonds. The summed E-state index contributed by atoms with van der Waals surface area (Å²) in [6, 6.07) is 0. The Balaban J connectivity index is 2.85. The van der Waals surface area contributed by atoms with Crippen molar-refractivity contribution < 1.29 is 8.78 Å². The zero-order valence-corrected chi connectivity index (χ0v) is 8.43. The minimum absolute atomic E-state index is 0.381. The molecule has 0 aromatic carbocycles. The first kappa shape index (κ1) is 11.1. The van der Waals surface area contributed by atoms with E-state index in [0.29, 0.717) is 12.2 Å². The summed E-state index contributed by atoms with van der Waals surface area (Å²) in [4.78, 5) is 4.14. The fourth-order valence-corrected chi connectivity index (χ4v) is 1.33. The zero-order chi connectivity index (χ0) is 10.8. The second-order valence-corrected chi connectivity index (χ2v) is 3.34. The maximum Gasteiger partial charge on any atom is 0.277 e. The molecule has 2 N–H and O–H groups in total. The van der Waals surface area contributed by atoms with E-state index in [-0.39, 0.29) is 6.54 Å². The number of alkyl halides is 2. The summed E-state index contributed by atoms with van der Waals surface area (Å²) in [7, 11) is 0. The van der Waals surface area contributed by atoms with Gasteiger partial charge in [0.2, 0.25) is 0 Å². The first-order valence-corrected chi connectivity index (χ1v) is 4.59. The van der Waals surface area contributed by atoms with Gasteiger partial charge in [0, 0.05) is 12.6 Å². The summed E-state index contributed by atoms with van der Waals surface area (Å²) < 4.78 is 27.5. The van der Waals surface area contributed by atoms with Crippen LogP contribution in [0.1, 0.15) is 18.4 Å². The lowest BCUT2D eigenvalue weighted by Gasteiger charge is -2.15. The number of nitrogens with two attached hydrogens (primary N) is 1. The smallest absolute Gasteiger partial charge is 0.277 e. The molecule has 0 atom stereocenters. The molecule has 0 spiro atoms. The van der Waals surface area contributed by atoms with Gasteiger partial charge in [-0.1, -0.05) is 6.92 Å². The van der Waals surface area contributed by atoms with Crippen LogP contribution in [0.25, 0.3) is 0 Å². The van der Waals surface area contributed by atoms with Crippen molar-refractivity contribution in [2.24, 2.45) is 5.73 Å². The molecular weight excluding hydrogens is 188 g/mol. The van der Waals surface area contributed by atoms with E-state index in [4.69, 9.17) is 5.73 Å². The second-order valence-electron chi connectivity index (χ2n) is 3.34. The molecule has 0 aliphatic heterocycles. The molecule has 0 bridgehead atoms. The van der Waals surface area contributed by atoms with Crippen LogP contribution in [0.2, 0.25) is 0 Å². The minimum atomic E-state index is -2.85. The van der Waals surface area contributed by atoms with E-state index in [9.17, 15) is 8.78 Å². The van der Waals surface area contributed by atoms with Gasteiger partial charge in [0.05, 0.1) is 18.8 Å². The van der Waals surface area contributed by atoms with E-state index in [1.165, 1.54) is 4.57 Å². The predicted octanol–water partition coefficient (Wildman–Crippen LogP) is 1.35. The van der Waals surface area contributed by atoms with Crippen LogP contribution in [0, 0.1) is 6.92 Å².